The molecule has 0 spiro atoms. The van der Waals surface area contributed by atoms with Gasteiger partial charge in [-0.3, -0.25) is 9.59 Å². The van der Waals surface area contributed by atoms with E-state index in [2.05, 4.69) is 10.3 Å². The first-order valence-electron chi connectivity index (χ1n) is 9.34. The largest absolute Gasteiger partial charge is 0.448 e. The molecule has 1 aliphatic rings. The van der Waals surface area contributed by atoms with Crippen LogP contribution < -0.4 is 5.32 Å². The van der Waals surface area contributed by atoms with E-state index < -0.39 is 11.6 Å². The van der Waals surface area contributed by atoms with Gasteiger partial charge in [0.15, 0.2) is 23.7 Å². The van der Waals surface area contributed by atoms with E-state index >= 15 is 0 Å². The summed E-state index contributed by atoms with van der Waals surface area (Å²) in [6.45, 7) is 3.11. The number of benzene rings is 1. The van der Waals surface area contributed by atoms with E-state index in [1.54, 1.807) is 11.8 Å². The number of aromatic nitrogens is 1. The third kappa shape index (κ3) is 4.94. The number of rotatable bonds is 6. The highest BCUT2D eigenvalue weighted by Gasteiger charge is 2.27. The molecule has 1 atom stereocenters. The Bertz CT molecular complexity index is 853. The third-order valence-electron chi connectivity index (χ3n) is 5.01. The number of nitrogens with zero attached hydrogens (tertiary/aromatic N) is 2. The highest BCUT2D eigenvalue weighted by Crippen LogP contribution is 2.23. The fourth-order valence-electron chi connectivity index (χ4n) is 3.42. The lowest BCUT2D eigenvalue weighted by atomic mass is 9.93. The molecule has 150 valence electrons. The number of carbonyl (C=O) groups excluding carboxylic acids is 2. The van der Waals surface area contributed by atoms with Crippen LogP contribution in [-0.4, -0.2) is 34.8 Å². The zero-order valence-corrected chi connectivity index (χ0v) is 15.7. The molecule has 1 aromatic heterocycles. The van der Waals surface area contributed by atoms with Crippen LogP contribution in [-0.2, 0) is 11.3 Å². The number of aryl methyl sites for hydroxylation is 1. The van der Waals surface area contributed by atoms with Gasteiger partial charge < -0.3 is 14.6 Å². The van der Waals surface area contributed by atoms with Crippen molar-refractivity contribution in [2.24, 2.45) is 5.92 Å². The SMILES string of the molecule is Cc1ocnc1C(=O)N1CCC[C@H](CCC(=O)NCc2ccc(F)c(F)c2)C1. The summed E-state index contributed by atoms with van der Waals surface area (Å²) in [6.07, 6.45) is 4.08. The van der Waals surface area contributed by atoms with Crippen LogP contribution in [0.15, 0.2) is 29.0 Å². The summed E-state index contributed by atoms with van der Waals surface area (Å²) in [5.41, 5.74) is 0.842. The van der Waals surface area contributed by atoms with E-state index in [1.165, 1.54) is 12.5 Å². The van der Waals surface area contributed by atoms with Crippen molar-refractivity contribution < 1.29 is 22.8 Å². The van der Waals surface area contributed by atoms with Gasteiger partial charge in [-0.1, -0.05) is 6.07 Å². The predicted molar refractivity (Wildman–Crippen MR) is 97.3 cm³/mol. The van der Waals surface area contributed by atoms with Crippen molar-refractivity contribution >= 4 is 11.8 Å². The van der Waals surface area contributed by atoms with Gasteiger partial charge in [-0.15, -0.1) is 0 Å². The van der Waals surface area contributed by atoms with Gasteiger partial charge in [0.05, 0.1) is 0 Å². The number of hydrogen-bond donors (Lipinski definition) is 1. The Balaban J connectivity index is 1.44. The molecule has 1 fully saturated rings. The molecule has 0 bridgehead atoms. The van der Waals surface area contributed by atoms with Crippen LogP contribution in [0.5, 0.6) is 0 Å². The summed E-state index contributed by atoms with van der Waals surface area (Å²) in [6, 6.07) is 3.56. The first kappa shape index (κ1) is 20.0. The average Bonchev–Trinajstić information content (AvgIpc) is 3.12. The molecular weight excluding hydrogens is 368 g/mol. The van der Waals surface area contributed by atoms with Crippen molar-refractivity contribution in [3.8, 4) is 0 Å². The Hall–Kier alpha value is -2.77. The fraction of sp³-hybridized carbons (Fsp3) is 0.450. The summed E-state index contributed by atoms with van der Waals surface area (Å²) >= 11 is 0. The Morgan fingerprint density at radius 1 is 1.32 bits per heavy atom. The standard InChI is InChI=1S/C20H23F2N3O3/c1-13-19(24-12-28-13)20(27)25-8-2-3-14(11-25)5-7-18(26)23-10-15-4-6-16(21)17(22)9-15/h4,6,9,12,14H,2-3,5,7-8,10-11H2,1H3,(H,23,26)/t14-/m1/s1. The summed E-state index contributed by atoms with van der Waals surface area (Å²) < 4.78 is 31.2. The number of oxazole rings is 1. The lowest BCUT2D eigenvalue weighted by Crippen LogP contribution is -2.40. The van der Waals surface area contributed by atoms with Crippen molar-refractivity contribution in [3.63, 3.8) is 0 Å². The maximum atomic E-state index is 13.2. The molecule has 8 heteroatoms. The van der Waals surface area contributed by atoms with Crippen molar-refractivity contribution in [3.05, 3.63) is 53.2 Å². The van der Waals surface area contributed by atoms with Gasteiger partial charge in [0.2, 0.25) is 5.91 Å². The lowest BCUT2D eigenvalue weighted by Gasteiger charge is -2.32. The van der Waals surface area contributed by atoms with Crippen LogP contribution in [0.25, 0.3) is 0 Å². The molecule has 2 aromatic rings. The predicted octanol–water partition coefficient (Wildman–Crippen LogP) is 3.21. The average molecular weight is 391 g/mol. The van der Waals surface area contributed by atoms with E-state index in [4.69, 9.17) is 4.42 Å². The Labute approximate surface area is 161 Å². The van der Waals surface area contributed by atoms with Crippen LogP contribution in [0, 0.1) is 24.5 Å². The molecule has 1 aromatic carbocycles. The van der Waals surface area contributed by atoms with Gasteiger partial charge in [0.25, 0.3) is 5.91 Å². The molecule has 1 N–H and O–H groups in total. The number of piperidine rings is 1. The second-order valence-electron chi connectivity index (χ2n) is 7.08. The molecule has 0 saturated carbocycles. The van der Waals surface area contributed by atoms with Gasteiger partial charge in [-0.2, -0.15) is 0 Å². The van der Waals surface area contributed by atoms with Crippen LogP contribution in [0.1, 0.15) is 47.5 Å². The minimum atomic E-state index is -0.930. The molecule has 28 heavy (non-hydrogen) atoms. The maximum absolute atomic E-state index is 13.2. The van der Waals surface area contributed by atoms with E-state index in [9.17, 15) is 18.4 Å². The van der Waals surface area contributed by atoms with Gasteiger partial charge in [0.1, 0.15) is 5.76 Å². The molecule has 2 amide bonds. The van der Waals surface area contributed by atoms with Crippen LogP contribution in [0.4, 0.5) is 8.78 Å². The summed E-state index contributed by atoms with van der Waals surface area (Å²) in [4.78, 5) is 30.4. The number of likely N-dealkylation sites (tertiary alicyclic amines) is 1. The molecular formula is C20H23F2N3O3. The molecule has 6 nitrogen and oxygen atoms in total. The van der Waals surface area contributed by atoms with Crippen LogP contribution in [0.3, 0.4) is 0 Å². The Morgan fingerprint density at radius 3 is 2.86 bits per heavy atom. The summed E-state index contributed by atoms with van der Waals surface area (Å²) in [7, 11) is 0. The van der Waals surface area contributed by atoms with Crippen molar-refractivity contribution in [2.45, 2.75) is 39.2 Å². The third-order valence-corrected chi connectivity index (χ3v) is 5.01. The van der Waals surface area contributed by atoms with E-state index in [0.29, 0.717) is 42.9 Å². The van der Waals surface area contributed by atoms with Gasteiger partial charge >= 0.3 is 0 Å². The molecule has 1 saturated heterocycles. The summed E-state index contributed by atoms with van der Waals surface area (Å²) in [5, 5.41) is 2.72. The molecule has 3 rings (SSSR count). The molecule has 1 aliphatic heterocycles. The van der Waals surface area contributed by atoms with E-state index in [0.717, 1.165) is 25.0 Å². The number of carbonyl (C=O) groups is 2. The second kappa shape index (κ2) is 8.95. The zero-order valence-electron chi connectivity index (χ0n) is 15.7. The first-order chi connectivity index (χ1) is 13.4. The number of halogens is 2. The lowest BCUT2D eigenvalue weighted by molar-refractivity contribution is -0.121. The molecule has 0 radical (unpaired) electrons. The smallest absolute Gasteiger partial charge is 0.276 e. The van der Waals surface area contributed by atoms with Crippen molar-refractivity contribution in [1.82, 2.24) is 15.2 Å². The van der Waals surface area contributed by atoms with Crippen molar-refractivity contribution in [1.29, 1.82) is 0 Å². The minimum absolute atomic E-state index is 0.140. The monoisotopic (exact) mass is 391 g/mol. The van der Waals surface area contributed by atoms with E-state index in [1.807, 2.05) is 0 Å². The summed E-state index contributed by atoms with van der Waals surface area (Å²) in [5.74, 6) is -1.39. The Morgan fingerprint density at radius 2 is 2.14 bits per heavy atom. The first-order valence-corrected chi connectivity index (χ1v) is 9.34. The molecule has 0 aliphatic carbocycles. The second-order valence-corrected chi connectivity index (χ2v) is 7.08. The highest BCUT2D eigenvalue weighted by molar-refractivity contribution is 5.93. The number of amides is 2. The van der Waals surface area contributed by atoms with Crippen molar-refractivity contribution in [2.75, 3.05) is 13.1 Å². The highest BCUT2D eigenvalue weighted by atomic mass is 19.2. The van der Waals surface area contributed by atoms with Gasteiger partial charge in [0, 0.05) is 26.1 Å². The maximum Gasteiger partial charge on any atom is 0.276 e. The van der Waals surface area contributed by atoms with Gasteiger partial charge in [-0.05, 0) is 49.8 Å². The molecule has 0 unspecified atom stereocenters. The van der Waals surface area contributed by atoms with Gasteiger partial charge in [-0.25, -0.2) is 13.8 Å². The normalized spacial score (nSPS) is 16.8. The number of nitrogens with one attached hydrogen (secondary N) is 1. The van der Waals surface area contributed by atoms with E-state index in [-0.39, 0.29) is 24.3 Å². The number of hydrogen-bond acceptors (Lipinski definition) is 4. The topological polar surface area (TPSA) is 75.4 Å². The van der Waals surface area contributed by atoms with Crippen LogP contribution >= 0.6 is 0 Å². The fourth-order valence-corrected chi connectivity index (χ4v) is 3.42. The quantitative estimate of drug-likeness (QED) is 0.821. The Kier molecular flexibility index (Phi) is 6.38. The zero-order chi connectivity index (χ0) is 20.1. The van der Waals surface area contributed by atoms with Crippen LogP contribution in [0.2, 0.25) is 0 Å². The minimum Gasteiger partial charge on any atom is -0.448 e. The molecule has 2 heterocycles.